The summed E-state index contributed by atoms with van der Waals surface area (Å²) in [6, 6.07) is 8.80. The zero-order valence-corrected chi connectivity index (χ0v) is 11.8. The summed E-state index contributed by atoms with van der Waals surface area (Å²) < 4.78 is 1.09. The van der Waals surface area contributed by atoms with Crippen LogP contribution in [0.2, 0.25) is 0 Å². The number of aliphatic hydroxyl groups is 1. The quantitative estimate of drug-likeness (QED) is 0.896. The molecule has 0 spiro atoms. The molecule has 1 saturated carbocycles. The average Bonchev–Trinajstić information content (AvgIpc) is 2.75. The van der Waals surface area contributed by atoms with Crippen LogP contribution in [-0.4, -0.2) is 24.3 Å². The van der Waals surface area contributed by atoms with Gasteiger partial charge in [-0.1, -0.05) is 41.4 Å². The van der Waals surface area contributed by atoms with Gasteiger partial charge in [0.2, 0.25) is 0 Å². The van der Waals surface area contributed by atoms with Crippen molar-refractivity contribution in [2.45, 2.75) is 37.6 Å². The smallest absolute Gasteiger partial charge is 0.0542 e. The van der Waals surface area contributed by atoms with Gasteiger partial charge in [0.25, 0.3) is 0 Å². The molecule has 0 aliphatic heterocycles. The van der Waals surface area contributed by atoms with Crippen LogP contribution in [0.3, 0.4) is 0 Å². The number of hydrogen-bond donors (Lipinski definition) is 2. The average molecular weight is 298 g/mol. The highest BCUT2D eigenvalue weighted by Gasteiger charge is 2.43. The van der Waals surface area contributed by atoms with Crippen LogP contribution in [0, 0.1) is 0 Å². The monoisotopic (exact) mass is 297 g/mol. The highest BCUT2D eigenvalue weighted by Crippen LogP contribution is 2.41. The number of aliphatic hydroxyl groups excluding tert-OH is 1. The summed E-state index contributed by atoms with van der Waals surface area (Å²) in [5.74, 6) is 0. The Morgan fingerprint density at radius 3 is 2.71 bits per heavy atom. The van der Waals surface area contributed by atoms with Gasteiger partial charge in [-0.15, -0.1) is 0 Å². The molecule has 2 rings (SSSR count). The lowest BCUT2D eigenvalue weighted by Crippen LogP contribution is -2.47. The van der Waals surface area contributed by atoms with Gasteiger partial charge in [-0.3, -0.25) is 0 Å². The van der Waals surface area contributed by atoms with Gasteiger partial charge in [-0.25, -0.2) is 0 Å². The third-order valence-electron chi connectivity index (χ3n) is 3.93. The van der Waals surface area contributed by atoms with E-state index < -0.39 is 0 Å². The first-order valence-corrected chi connectivity index (χ1v) is 7.12. The Labute approximate surface area is 112 Å². The molecule has 2 N–H and O–H groups in total. The number of halogens is 1. The summed E-state index contributed by atoms with van der Waals surface area (Å²) in [5.41, 5.74) is 1.17. The van der Waals surface area contributed by atoms with E-state index in [1.165, 1.54) is 12.0 Å². The lowest BCUT2D eigenvalue weighted by Gasteiger charge is -2.35. The molecular weight excluding hydrogens is 278 g/mol. The van der Waals surface area contributed by atoms with Crippen molar-refractivity contribution in [1.29, 1.82) is 0 Å². The molecule has 2 nitrogen and oxygen atoms in total. The topological polar surface area (TPSA) is 32.3 Å². The molecule has 1 aliphatic carbocycles. The highest BCUT2D eigenvalue weighted by atomic mass is 79.9. The van der Waals surface area contributed by atoms with Crippen LogP contribution in [0.25, 0.3) is 0 Å². The predicted octanol–water partition coefficient (Wildman–Crippen LogP) is 2.84. The number of benzene rings is 1. The summed E-state index contributed by atoms with van der Waals surface area (Å²) in [4.78, 5) is 0. The van der Waals surface area contributed by atoms with Crippen molar-refractivity contribution in [2.75, 3.05) is 13.2 Å². The normalized spacial score (nSPS) is 28.5. The molecule has 0 amide bonds. The van der Waals surface area contributed by atoms with E-state index in [1.54, 1.807) is 0 Å². The van der Waals surface area contributed by atoms with E-state index in [4.69, 9.17) is 0 Å². The van der Waals surface area contributed by atoms with Gasteiger partial charge in [0.1, 0.15) is 0 Å². The van der Waals surface area contributed by atoms with Crippen molar-refractivity contribution < 1.29 is 5.11 Å². The standard InChI is InChI=1S/C14H20BrNO/c1-2-16-13-4-3-9-14(13,10-17)11-5-7-12(15)8-6-11/h5-8,13,16-17H,2-4,9-10H2,1H3. The molecule has 0 bridgehead atoms. The van der Waals surface area contributed by atoms with Gasteiger partial charge in [0.15, 0.2) is 0 Å². The van der Waals surface area contributed by atoms with E-state index in [0.717, 1.165) is 23.9 Å². The molecule has 2 unspecified atom stereocenters. The first kappa shape index (κ1) is 13.1. The van der Waals surface area contributed by atoms with Crippen LogP contribution in [-0.2, 0) is 5.41 Å². The Kier molecular flexibility index (Phi) is 4.23. The molecule has 2 atom stereocenters. The molecule has 17 heavy (non-hydrogen) atoms. The highest BCUT2D eigenvalue weighted by molar-refractivity contribution is 9.10. The molecule has 94 valence electrons. The molecule has 1 aromatic rings. The van der Waals surface area contributed by atoms with Crippen LogP contribution in [0.5, 0.6) is 0 Å². The van der Waals surface area contributed by atoms with E-state index in [2.05, 4.69) is 52.4 Å². The van der Waals surface area contributed by atoms with Crippen molar-refractivity contribution in [3.8, 4) is 0 Å². The van der Waals surface area contributed by atoms with E-state index >= 15 is 0 Å². The van der Waals surface area contributed by atoms with Crippen molar-refractivity contribution in [3.63, 3.8) is 0 Å². The van der Waals surface area contributed by atoms with Crippen molar-refractivity contribution >= 4 is 15.9 Å². The molecular formula is C14H20BrNO. The minimum atomic E-state index is -0.0866. The lowest BCUT2D eigenvalue weighted by atomic mass is 9.76. The number of likely N-dealkylation sites (N-methyl/N-ethyl adjacent to an activating group) is 1. The molecule has 0 saturated heterocycles. The third-order valence-corrected chi connectivity index (χ3v) is 4.46. The molecule has 0 aromatic heterocycles. The third kappa shape index (κ3) is 2.42. The van der Waals surface area contributed by atoms with E-state index in [1.807, 2.05) is 0 Å². The Morgan fingerprint density at radius 1 is 1.41 bits per heavy atom. The van der Waals surface area contributed by atoms with Crippen molar-refractivity contribution in [2.24, 2.45) is 0 Å². The van der Waals surface area contributed by atoms with Gasteiger partial charge < -0.3 is 10.4 Å². The first-order valence-electron chi connectivity index (χ1n) is 6.33. The fourth-order valence-corrected chi connectivity index (χ4v) is 3.29. The Morgan fingerprint density at radius 2 is 2.12 bits per heavy atom. The van der Waals surface area contributed by atoms with Crippen LogP contribution in [0.15, 0.2) is 28.7 Å². The second kappa shape index (κ2) is 5.51. The molecule has 3 heteroatoms. The minimum Gasteiger partial charge on any atom is -0.395 e. The zero-order chi connectivity index (χ0) is 12.3. The second-order valence-corrected chi connectivity index (χ2v) is 5.74. The first-order chi connectivity index (χ1) is 8.23. The van der Waals surface area contributed by atoms with Crippen LogP contribution >= 0.6 is 15.9 Å². The summed E-state index contributed by atoms with van der Waals surface area (Å²) in [6.07, 6.45) is 3.42. The Hall–Kier alpha value is -0.380. The van der Waals surface area contributed by atoms with Gasteiger partial charge in [0, 0.05) is 15.9 Å². The maximum Gasteiger partial charge on any atom is 0.0542 e. The summed E-state index contributed by atoms with van der Waals surface area (Å²) >= 11 is 3.46. The van der Waals surface area contributed by atoms with Crippen molar-refractivity contribution in [1.82, 2.24) is 5.32 Å². The van der Waals surface area contributed by atoms with E-state index in [0.29, 0.717) is 6.04 Å². The van der Waals surface area contributed by atoms with Crippen LogP contribution in [0.1, 0.15) is 31.7 Å². The molecule has 1 aromatic carbocycles. The van der Waals surface area contributed by atoms with E-state index in [-0.39, 0.29) is 12.0 Å². The maximum absolute atomic E-state index is 9.88. The summed E-state index contributed by atoms with van der Waals surface area (Å²) in [7, 11) is 0. The molecule has 0 radical (unpaired) electrons. The number of nitrogens with one attached hydrogen (secondary N) is 1. The minimum absolute atomic E-state index is 0.0866. The second-order valence-electron chi connectivity index (χ2n) is 4.82. The Balaban J connectivity index is 2.32. The van der Waals surface area contributed by atoms with Crippen molar-refractivity contribution in [3.05, 3.63) is 34.3 Å². The SMILES string of the molecule is CCNC1CCCC1(CO)c1ccc(Br)cc1. The molecule has 1 aliphatic rings. The predicted molar refractivity (Wildman–Crippen MR) is 74.2 cm³/mol. The van der Waals surface area contributed by atoms with Gasteiger partial charge in [-0.05, 0) is 37.1 Å². The van der Waals surface area contributed by atoms with E-state index in [9.17, 15) is 5.11 Å². The fourth-order valence-electron chi connectivity index (χ4n) is 3.02. The fraction of sp³-hybridized carbons (Fsp3) is 0.571. The summed E-state index contributed by atoms with van der Waals surface area (Å²) in [6.45, 7) is 3.32. The van der Waals surface area contributed by atoms with Gasteiger partial charge in [-0.2, -0.15) is 0 Å². The van der Waals surface area contributed by atoms with Crippen LogP contribution in [0.4, 0.5) is 0 Å². The van der Waals surface area contributed by atoms with Gasteiger partial charge >= 0.3 is 0 Å². The molecule has 1 fully saturated rings. The maximum atomic E-state index is 9.88. The van der Waals surface area contributed by atoms with Gasteiger partial charge in [0.05, 0.1) is 6.61 Å². The largest absolute Gasteiger partial charge is 0.395 e. The van der Waals surface area contributed by atoms with Crippen LogP contribution < -0.4 is 5.32 Å². The zero-order valence-electron chi connectivity index (χ0n) is 10.2. The summed E-state index contributed by atoms with van der Waals surface area (Å²) in [5, 5.41) is 13.4. The Bertz CT molecular complexity index is 365. The number of hydrogen-bond acceptors (Lipinski definition) is 2. The lowest BCUT2D eigenvalue weighted by molar-refractivity contribution is 0.169. The number of rotatable bonds is 4. The molecule has 0 heterocycles.